The van der Waals surface area contributed by atoms with Crippen molar-refractivity contribution in [2.24, 2.45) is 5.73 Å². The predicted octanol–water partition coefficient (Wildman–Crippen LogP) is -0.616. The second-order valence-corrected chi connectivity index (χ2v) is 2.11. The van der Waals surface area contributed by atoms with Crippen molar-refractivity contribution in [1.29, 1.82) is 0 Å². The van der Waals surface area contributed by atoms with Gasteiger partial charge in [-0.25, -0.2) is 4.79 Å². The molecule has 0 radical (unpaired) electrons. The summed E-state index contributed by atoms with van der Waals surface area (Å²) < 4.78 is 4.40. The van der Waals surface area contributed by atoms with Crippen molar-refractivity contribution in [3.63, 3.8) is 0 Å². The quantitative estimate of drug-likeness (QED) is 0.443. The Balaban J connectivity index is 3.72. The summed E-state index contributed by atoms with van der Waals surface area (Å²) in [6.45, 7) is 1.75. The molecule has 0 aromatic heterocycles. The van der Waals surface area contributed by atoms with Gasteiger partial charge < -0.3 is 10.5 Å². The minimum absolute atomic E-state index is 0.113. The van der Waals surface area contributed by atoms with E-state index in [1.807, 2.05) is 0 Å². The first-order chi connectivity index (χ1) is 5.57. The second-order valence-electron chi connectivity index (χ2n) is 2.11. The van der Waals surface area contributed by atoms with Crippen molar-refractivity contribution in [3.05, 3.63) is 0 Å². The van der Waals surface area contributed by atoms with E-state index in [0.717, 1.165) is 0 Å². The van der Waals surface area contributed by atoms with E-state index in [2.05, 4.69) is 4.74 Å². The molecule has 0 saturated heterocycles. The van der Waals surface area contributed by atoms with Crippen LogP contribution >= 0.6 is 0 Å². The fourth-order valence-electron chi connectivity index (χ4n) is 0.550. The molecule has 0 saturated carbocycles. The third kappa shape index (κ3) is 4.43. The number of hydrogen-bond acceptors (Lipinski definition) is 4. The normalized spacial score (nSPS) is 9.08. The van der Waals surface area contributed by atoms with Gasteiger partial charge in [0.15, 0.2) is 0 Å². The van der Waals surface area contributed by atoms with Crippen LogP contribution in [-0.4, -0.2) is 24.3 Å². The highest BCUT2D eigenvalue weighted by Crippen LogP contribution is 1.92. The average Bonchev–Trinajstić information content (AvgIpc) is 2.00. The third-order valence-electron chi connectivity index (χ3n) is 1.10. The van der Waals surface area contributed by atoms with Crippen molar-refractivity contribution in [1.82, 2.24) is 0 Å². The second kappa shape index (κ2) is 5.29. The Labute approximate surface area is 69.9 Å². The molecule has 0 spiro atoms. The molecule has 0 fully saturated rings. The summed E-state index contributed by atoms with van der Waals surface area (Å²) >= 11 is 0. The molecule has 0 aromatic rings. The van der Waals surface area contributed by atoms with E-state index < -0.39 is 17.7 Å². The molecule has 5 nitrogen and oxygen atoms in total. The number of hydrogen-bond donors (Lipinski definition) is 1. The molecule has 0 aromatic carbocycles. The van der Waals surface area contributed by atoms with Crippen LogP contribution in [0, 0.1) is 0 Å². The molecule has 12 heavy (non-hydrogen) atoms. The Morgan fingerprint density at radius 3 is 2.25 bits per heavy atom. The highest BCUT2D eigenvalue weighted by Gasteiger charge is 2.14. The summed E-state index contributed by atoms with van der Waals surface area (Å²) in [6.07, 6.45) is -0.286. The van der Waals surface area contributed by atoms with Crippen LogP contribution in [0.1, 0.15) is 19.8 Å². The van der Waals surface area contributed by atoms with Crippen molar-refractivity contribution in [3.8, 4) is 0 Å². The van der Waals surface area contributed by atoms with Gasteiger partial charge in [-0.3, -0.25) is 9.59 Å². The summed E-state index contributed by atoms with van der Waals surface area (Å²) in [7, 11) is 0. The molecule has 0 rings (SSSR count). The minimum atomic E-state index is -0.904. The number of primary amides is 1. The molecule has 1 amide bonds. The first kappa shape index (κ1) is 10.6. The monoisotopic (exact) mass is 173 g/mol. The lowest BCUT2D eigenvalue weighted by molar-refractivity contribution is -0.153. The van der Waals surface area contributed by atoms with Crippen LogP contribution in [0.4, 0.5) is 0 Å². The summed E-state index contributed by atoms with van der Waals surface area (Å²) in [5.74, 6) is -2.22. The molecule has 5 heteroatoms. The number of ether oxygens (including phenoxy) is 1. The Bertz CT molecular complexity index is 200. The van der Waals surface area contributed by atoms with Gasteiger partial charge in [-0.05, 0) is 6.92 Å². The Morgan fingerprint density at radius 2 is 1.83 bits per heavy atom. The standard InChI is InChI=1S/C7H11NO4/c1-2-12-7(11)5(9)3-4-6(8)10/h2-4H2,1H3,(H2,8,10). The van der Waals surface area contributed by atoms with Crippen LogP contribution in [0.25, 0.3) is 0 Å². The number of amides is 1. The highest BCUT2D eigenvalue weighted by molar-refractivity contribution is 6.33. The van der Waals surface area contributed by atoms with E-state index in [1.54, 1.807) is 6.92 Å². The molecule has 0 unspecified atom stereocenters. The smallest absolute Gasteiger partial charge is 0.374 e. The van der Waals surface area contributed by atoms with Crippen LogP contribution in [-0.2, 0) is 19.1 Å². The number of ketones is 1. The summed E-state index contributed by atoms with van der Waals surface area (Å²) in [5, 5.41) is 0. The van der Waals surface area contributed by atoms with E-state index in [4.69, 9.17) is 5.73 Å². The van der Waals surface area contributed by atoms with Gasteiger partial charge >= 0.3 is 5.97 Å². The van der Waals surface area contributed by atoms with Gasteiger partial charge in [-0.2, -0.15) is 0 Å². The lowest BCUT2D eigenvalue weighted by atomic mass is 10.2. The van der Waals surface area contributed by atoms with Gasteiger partial charge in [0.1, 0.15) is 0 Å². The number of rotatable bonds is 5. The zero-order valence-electron chi connectivity index (χ0n) is 6.83. The minimum Gasteiger partial charge on any atom is -0.460 e. The predicted molar refractivity (Wildman–Crippen MR) is 40.1 cm³/mol. The summed E-state index contributed by atoms with van der Waals surface area (Å²) in [5.41, 5.74) is 4.77. The van der Waals surface area contributed by atoms with Crippen LogP contribution in [0.3, 0.4) is 0 Å². The number of nitrogens with two attached hydrogens (primary N) is 1. The molecular weight excluding hydrogens is 162 g/mol. The number of Topliss-reactive ketones (excluding diaryl/α,β-unsaturated/α-hetero) is 1. The van der Waals surface area contributed by atoms with E-state index in [0.29, 0.717) is 0 Å². The molecule has 0 bridgehead atoms. The van der Waals surface area contributed by atoms with Crippen LogP contribution in [0.15, 0.2) is 0 Å². The maximum Gasteiger partial charge on any atom is 0.374 e. The zero-order chi connectivity index (χ0) is 9.56. The maximum atomic E-state index is 10.8. The van der Waals surface area contributed by atoms with E-state index in [-0.39, 0.29) is 19.4 Å². The SMILES string of the molecule is CCOC(=O)C(=O)CCC(N)=O. The van der Waals surface area contributed by atoms with Crippen molar-refractivity contribution < 1.29 is 19.1 Å². The van der Waals surface area contributed by atoms with Crippen molar-refractivity contribution >= 4 is 17.7 Å². The first-order valence-electron chi connectivity index (χ1n) is 3.56. The van der Waals surface area contributed by atoms with Crippen LogP contribution in [0.2, 0.25) is 0 Å². The molecule has 2 N–H and O–H groups in total. The number of carbonyl (C=O) groups excluding carboxylic acids is 3. The van der Waals surface area contributed by atoms with E-state index in [1.165, 1.54) is 0 Å². The van der Waals surface area contributed by atoms with Crippen molar-refractivity contribution in [2.75, 3.05) is 6.61 Å². The fraction of sp³-hybridized carbons (Fsp3) is 0.571. The van der Waals surface area contributed by atoms with Gasteiger partial charge in [0.2, 0.25) is 11.7 Å². The first-order valence-corrected chi connectivity index (χ1v) is 3.56. The van der Waals surface area contributed by atoms with Gasteiger partial charge in [0.05, 0.1) is 6.61 Å². The average molecular weight is 173 g/mol. The van der Waals surface area contributed by atoms with Gasteiger partial charge in [0.25, 0.3) is 0 Å². The molecular formula is C7H11NO4. The molecule has 0 aliphatic carbocycles. The summed E-state index contributed by atoms with van der Waals surface area (Å²) in [6, 6.07) is 0. The molecule has 0 aliphatic heterocycles. The third-order valence-corrected chi connectivity index (χ3v) is 1.10. The largest absolute Gasteiger partial charge is 0.460 e. The lowest BCUT2D eigenvalue weighted by Gasteiger charge is -1.98. The van der Waals surface area contributed by atoms with Crippen LogP contribution in [0.5, 0.6) is 0 Å². The fourth-order valence-corrected chi connectivity index (χ4v) is 0.550. The molecule has 0 atom stereocenters. The maximum absolute atomic E-state index is 10.8. The summed E-state index contributed by atoms with van der Waals surface area (Å²) in [4.78, 5) is 31.6. The lowest BCUT2D eigenvalue weighted by Crippen LogP contribution is -2.20. The molecule has 0 aliphatic rings. The molecule has 68 valence electrons. The number of carbonyl (C=O) groups is 3. The van der Waals surface area contributed by atoms with Crippen LogP contribution < -0.4 is 5.73 Å². The number of esters is 1. The van der Waals surface area contributed by atoms with Crippen molar-refractivity contribution in [2.45, 2.75) is 19.8 Å². The topological polar surface area (TPSA) is 86.5 Å². The highest BCUT2D eigenvalue weighted by atomic mass is 16.5. The van der Waals surface area contributed by atoms with E-state index >= 15 is 0 Å². The Morgan fingerprint density at radius 1 is 1.25 bits per heavy atom. The zero-order valence-corrected chi connectivity index (χ0v) is 6.83. The van der Waals surface area contributed by atoms with Gasteiger partial charge in [-0.1, -0.05) is 0 Å². The van der Waals surface area contributed by atoms with Gasteiger partial charge in [0, 0.05) is 12.8 Å². The Kier molecular flexibility index (Phi) is 4.67. The van der Waals surface area contributed by atoms with E-state index in [9.17, 15) is 14.4 Å². The van der Waals surface area contributed by atoms with Gasteiger partial charge in [-0.15, -0.1) is 0 Å². The Hall–Kier alpha value is -1.39. The molecule has 0 heterocycles.